The summed E-state index contributed by atoms with van der Waals surface area (Å²) in [6.45, 7) is 0. The molecule has 0 aromatic heterocycles. The van der Waals surface area contributed by atoms with Gasteiger partial charge < -0.3 is 0 Å². The molecule has 2 aromatic carbocycles. The predicted octanol–water partition coefficient (Wildman–Crippen LogP) is 3.23. The lowest BCUT2D eigenvalue weighted by atomic mass is 10.1. The van der Waals surface area contributed by atoms with Gasteiger partial charge in [-0.2, -0.15) is 10.5 Å². The third-order valence-electron chi connectivity index (χ3n) is 3.25. The van der Waals surface area contributed by atoms with Crippen LogP contribution in [0.1, 0.15) is 24.0 Å². The van der Waals surface area contributed by atoms with E-state index in [9.17, 15) is 0 Å². The molecule has 0 spiro atoms. The van der Waals surface area contributed by atoms with E-state index >= 15 is 0 Å². The summed E-state index contributed by atoms with van der Waals surface area (Å²) in [7, 11) is 0.644. The lowest BCUT2D eigenvalue weighted by Crippen LogP contribution is -2.03. The zero-order valence-corrected chi connectivity index (χ0v) is 12.8. The van der Waals surface area contributed by atoms with Gasteiger partial charge in [0.05, 0.1) is 12.1 Å². The van der Waals surface area contributed by atoms with Crippen LogP contribution in [0.25, 0.3) is 0 Å². The van der Waals surface area contributed by atoms with E-state index in [2.05, 4.69) is 60.7 Å². The molecule has 3 heteroatoms. The van der Waals surface area contributed by atoms with Crippen molar-refractivity contribution in [3.63, 3.8) is 0 Å². The second-order valence-corrected chi connectivity index (χ2v) is 6.24. The Kier molecular flexibility index (Phi) is 5.96. The second-order valence-electron chi connectivity index (χ2n) is 4.84. The van der Waals surface area contributed by atoms with Gasteiger partial charge in [-0.1, -0.05) is 57.1 Å². The van der Waals surface area contributed by atoms with Crippen LogP contribution in [0, 0.1) is 22.7 Å². The van der Waals surface area contributed by atoms with Gasteiger partial charge in [0.25, 0.3) is 0 Å². The van der Waals surface area contributed by atoms with Crippen molar-refractivity contribution in [1.29, 1.82) is 10.5 Å². The summed E-state index contributed by atoms with van der Waals surface area (Å²) < 4.78 is 0. The van der Waals surface area contributed by atoms with E-state index in [0.29, 0.717) is 21.4 Å². The van der Waals surface area contributed by atoms with Crippen molar-refractivity contribution < 1.29 is 0 Å². The normalized spacial score (nSPS) is 9.81. The summed E-state index contributed by atoms with van der Waals surface area (Å²) >= 11 is 0. The van der Waals surface area contributed by atoms with Gasteiger partial charge in [-0.15, -0.1) is 0 Å². The Hall–Kier alpha value is -2.15. The Bertz CT molecular complexity index is 586. The van der Waals surface area contributed by atoms with E-state index in [-0.39, 0.29) is 0 Å². The van der Waals surface area contributed by atoms with Gasteiger partial charge in [0.15, 0.2) is 0 Å². The predicted molar refractivity (Wildman–Crippen MR) is 88.3 cm³/mol. The molecule has 0 aliphatic heterocycles. The van der Waals surface area contributed by atoms with Crippen LogP contribution < -0.4 is 10.6 Å². The fraction of sp³-hybridized carbons (Fsp3) is 0.222. The average Bonchev–Trinajstić information content (AvgIpc) is 2.53. The van der Waals surface area contributed by atoms with Crippen LogP contribution in [0.3, 0.4) is 0 Å². The molecule has 0 aliphatic rings. The zero-order valence-electron chi connectivity index (χ0n) is 11.8. The first kappa shape index (κ1) is 15.2. The largest absolute Gasteiger partial charge is 0.198 e. The molecule has 21 heavy (non-hydrogen) atoms. The lowest BCUT2D eigenvalue weighted by molar-refractivity contribution is 1.01. The molecule has 0 aliphatic carbocycles. The summed E-state index contributed by atoms with van der Waals surface area (Å²) in [4.78, 5) is 0. The van der Waals surface area contributed by atoms with Gasteiger partial charge in [0.2, 0.25) is 0 Å². The summed E-state index contributed by atoms with van der Waals surface area (Å²) in [5.74, 6) is 0. The minimum Gasteiger partial charge on any atom is -0.198 e. The fourth-order valence-corrected chi connectivity index (χ4v) is 3.08. The van der Waals surface area contributed by atoms with Crippen molar-refractivity contribution in [2.45, 2.75) is 25.7 Å². The standard InChI is InChI=1S/C18H17N2P/c19-13-1-3-15-5-9-17(10-6-15)21-18-11-7-16(8-12-18)4-2-14-20/h5-12,21H,1-4H2. The zero-order chi connectivity index (χ0) is 14.9. The van der Waals surface area contributed by atoms with Gasteiger partial charge in [0, 0.05) is 12.8 Å². The number of hydrogen-bond acceptors (Lipinski definition) is 2. The lowest BCUT2D eigenvalue weighted by Gasteiger charge is -2.05. The number of nitrogens with zero attached hydrogens (tertiary/aromatic N) is 2. The van der Waals surface area contributed by atoms with Gasteiger partial charge in [0.1, 0.15) is 0 Å². The Labute approximate surface area is 127 Å². The molecular formula is C18H17N2P. The molecule has 0 heterocycles. The molecule has 104 valence electrons. The summed E-state index contributed by atoms with van der Waals surface area (Å²) in [5, 5.41) is 19.8. The molecule has 2 rings (SSSR count). The van der Waals surface area contributed by atoms with Crippen LogP contribution in [0.5, 0.6) is 0 Å². The van der Waals surface area contributed by atoms with Crippen LogP contribution >= 0.6 is 8.58 Å². The van der Waals surface area contributed by atoms with E-state index in [0.717, 1.165) is 12.8 Å². The maximum atomic E-state index is 8.59. The fourth-order valence-electron chi connectivity index (χ4n) is 2.08. The van der Waals surface area contributed by atoms with E-state index in [1.54, 1.807) is 0 Å². The maximum Gasteiger partial charge on any atom is 0.0625 e. The number of benzene rings is 2. The van der Waals surface area contributed by atoms with E-state index in [1.807, 2.05) is 0 Å². The minimum absolute atomic E-state index is 0.575. The third kappa shape index (κ3) is 5.03. The average molecular weight is 292 g/mol. The molecule has 0 saturated carbocycles. The molecule has 0 atom stereocenters. The maximum absolute atomic E-state index is 8.59. The number of hydrogen-bond donors (Lipinski definition) is 0. The van der Waals surface area contributed by atoms with Gasteiger partial charge in [-0.05, 0) is 34.6 Å². The van der Waals surface area contributed by atoms with Crippen LogP contribution in [-0.2, 0) is 12.8 Å². The highest BCUT2D eigenvalue weighted by Gasteiger charge is 1.99. The molecule has 0 amide bonds. The SMILES string of the molecule is N#CCCc1ccc(Pc2ccc(CCC#N)cc2)cc1. The minimum atomic E-state index is 0.575. The Balaban J connectivity index is 1.95. The van der Waals surface area contributed by atoms with Gasteiger partial charge in [-0.3, -0.25) is 0 Å². The molecule has 2 aromatic rings. The first-order valence-electron chi connectivity index (χ1n) is 7.00. The number of aryl methyl sites for hydroxylation is 2. The Morgan fingerprint density at radius 1 is 0.667 bits per heavy atom. The number of rotatable bonds is 6. The molecule has 0 saturated heterocycles. The topological polar surface area (TPSA) is 47.6 Å². The summed E-state index contributed by atoms with van der Waals surface area (Å²) in [5.41, 5.74) is 2.44. The van der Waals surface area contributed by atoms with Crippen molar-refractivity contribution in [2.75, 3.05) is 0 Å². The van der Waals surface area contributed by atoms with Gasteiger partial charge >= 0.3 is 0 Å². The molecule has 2 nitrogen and oxygen atoms in total. The van der Waals surface area contributed by atoms with E-state index in [1.165, 1.54) is 21.7 Å². The van der Waals surface area contributed by atoms with E-state index in [4.69, 9.17) is 10.5 Å². The molecule has 0 fully saturated rings. The molecule has 0 bridgehead atoms. The molecule has 0 radical (unpaired) electrons. The smallest absolute Gasteiger partial charge is 0.0625 e. The monoisotopic (exact) mass is 292 g/mol. The van der Waals surface area contributed by atoms with Crippen LogP contribution in [0.4, 0.5) is 0 Å². The molecular weight excluding hydrogens is 275 g/mol. The Morgan fingerprint density at radius 3 is 1.38 bits per heavy atom. The second kappa shape index (κ2) is 8.21. The van der Waals surface area contributed by atoms with Crippen LogP contribution in [0.15, 0.2) is 48.5 Å². The van der Waals surface area contributed by atoms with Crippen LogP contribution in [-0.4, -0.2) is 0 Å². The quantitative estimate of drug-likeness (QED) is 0.767. The van der Waals surface area contributed by atoms with E-state index < -0.39 is 0 Å². The highest BCUT2D eigenvalue weighted by atomic mass is 31.1. The first-order valence-corrected chi connectivity index (χ1v) is 8.00. The number of nitriles is 2. The van der Waals surface area contributed by atoms with Crippen LogP contribution in [0.2, 0.25) is 0 Å². The van der Waals surface area contributed by atoms with Gasteiger partial charge in [-0.25, -0.2) is 0 Å². The van der Waals surface area contributed by atoms with Crippen molar-refractivity contribution in [3.05, 3.63) is 59.7 Å². The third-order valence-corrected chi connectivity index (χ3v) is 4.49. The van der Waals surface area contributed by atoms with Crippen molar-refractivity contribution in [2.24, 2.45) is 0 Å². The molecule has 0 unspecified atom stereocenters. The van der Waals surface area contributed by atoms with Crippen molar-refractivity contribution in [1.82, 2.24) is 0 Å². The summed E-state index contributed by atoms with van der Waals surface area (Å²) in [6, 6.07) is 21.4. The summed E-state index contributed by atoms with van der Waals surface area (Å²) in [6.07, 6.45) is 2.80. The Morgan fingerprint density at radius 2 is 1.05 bits per heavy atom. The van der Waals surface area contributed by atoms with Crippen molar-refractivity contribution in [3.8, 4) is 12.1 Å². The van der Waals surface area contributed by atoms with Crippen molar-refractivity contribution >= 4 is 19.2 Å². The highest BCUT2D eigenvalue weighted by molar-refractivity contribution is 7.55. The first-order chi connectivity index (χ1) is 10.3. The highest BCUT2D eigenvalue weighted by Crippen LogP contribution is 2.13. The molecule has 0 N–H and O–H groups in total.